The number of carbonyl (C=O) groups is 1. The van der Waals surface area contributed by atoms with Gasteiger partial charge in [-0.1, -0.05) is 199 Å². The van der Waals surface area contributed by atoms with Gasteiger partial charge in [-0.15, -0.1) is 0 Å². The molecule has 0 aromatic rings. The Bertz CT molecular complexity index is 858. The summed E-state index contributed by atoms with van der Waals surface area (Å²) in [6.45, 7) is 3.77. The van der Waals surface area contributed by atoms with Crippen LogP contribution in [0.2, 0.25) is 0 Å². The Hall–Kier alpha value is -1.07. The number of ether oxygens (including phenoxy) is 2. The number of nitrogens with one attached hydrogen (secondary N) is 1. The Morgan fingerprint density at radius 2 is 1.02 bits per heavy atom. The molecule has 320 valence electrons. The van der Waals surface area contributed by atoms with Gasteiger partial charge in [0.05, 0.1) is 25.4 Å². The number of aliphatic hydroxyl groups excluding tert-OH is 5. The minimum Gasteiger partial charge on any atom is -0.394 e. The van der Waals surface area contributed by atoms with Gasteiger partial charge in [-0.3, -0.25) is 4.79 Å². The first-order valence-electron chi connectivity index (χ1n) is 22.9. The number of hydrogen-bond acceptors (Lipinski definition) is 8. The van der Waals surface area contributed by atoms with Gasteiger partial charge < -0.3 is 40.3 Å². The summed E-state index contributed by atoms with van der Waals surface area (Å²) in [5, 5.41) is 54.1. The third-order valence-electron chi connectivity index (χ3n) is 11.1. The lowest BCUT2D eigenvalue weighted by molar-refractivity contribution is -0.302. The van der Waals surface area contributed by atoms with Crippen LogP contribution in [-0.4, -0.2) is 87.5 Å². The molecule has 0 spiro atoms. The standard InChI is InChI=1S/C45H87NO8/c1-3-5-7-9-11-13-15-16-17-18-19-20-21-22-23-25-27-29-31-33-35-41(49)46-38(37-53-45-44(52)43(51)42(50)40(36-47)54-45)39(48)34-32-30-28-26-24-14-12-10-8-6-4-2/h32,34,38-40,42-45,47-48,50-52H,3-31,33,35-37H2,1-2H3,(H,46,49)/b34-32+/t38-,39+,40+,42+,43-,44+,45+/m0/s1. The largest absolute Gasteiger partial charge is 0.394 e. The molecule has 1 rings (SSSR count). The van der Waals surface area contributed by atoms with E-state index in [9.17, 15) is 30.3 Å². The maximum atomic E-state index is 12.9. The van der Waals surface area contributed by atoms with Crippen molar-refractivity contribution in [2.24, 2.45) is 0 Å². The van der Waals surface area contributed by atoms with Crippen molar-refractivity contribution >= 4 is 5.91 Å². The zero-order valence-electron chi connectivity index (χ0n) is 35.0. The highest BCUT2D eigenvalue weighted by atomic mass is 16.7. The van der Waals surface area contributed by atoms with Gasteiger partial charge in [0.1, 0.15) is 24.4 Å². The summed E-state index contributed by atoms with van der Waals surface area (Å²) in [5.74, 6) is -0.175. The first-order chi connectivity index (χ1) is 26.3. The fraction of sp³-hybridized carbons (Fsp3) is 0.933. The van der Waals surface area contributed by atoms with Crippen LogP contribution in [0.3, 0.4) is 0 Å². The van der Waals surface area contributed by atoms with E-state index in [-0.39, 0.29) is 12.5 Å². The van der Waals surface area contributed by atoms with E-state index in [1.165, 1.54) is 154 Å². The molecule has 0 radical (unpaired) electrons. The maximum Gasteiger partial charge on any atom is 0.220 e. The van der Waals surface area contributed by atoms with E-state index < -0.39 is 49.5 Å². The smallest absolute Gasteiger partial charge is 0.220 e. The highest BCUT2D eigenvalue weighted by Crippen LogP contribution is 2.23. The molecule has 1 aliphatic heterocycles. The second-order valence-corrected chi connectivity index (χ2v) is 16.2. The van der Waals surface area contributed by atoms with Crippen molar-refractivity contribution in [1.29, 1.82) is 0 Å². The van der Waals surface area contributed by atoms with Gasteiger partial charge in [-0.05, 0) is 19.3 Å². The average molecular weight is 770 g/mol. The molecule has 1 heterocycles. The Kier molecular flexibility index (Phi) is 34.2. The van der Waals surface area contributed by atoms with Crippen LogP contribution in [0.4, 0.5) is 0 Å². The second-order valence-electron chi connectivity index (χ2n) is 16.2. The van der Waals surface area contributed by atoms with Crippen molar-refractivity contribution in [3.63, 3.8) is 0 Å². The number of hydrogen-bond donors (Lipinski definition) is 6. The fourth-order valence-electron chi connectivity index (χ4n) is 7.39. The number of rotatable bonds is 38. The van der Waals surface area contributed by atoms with E-state index in [1.807, 2.05) is 6.08 Å². The van der Waals surface area contributed by atoms with Crippen molar-refractivity contribution in [3.05, 3.63) is 12.2 Å². The quantitative estimate of drug-likeness (QED) is 0.0269. The van der Waals surface area contributed by atoms with Crippen LogP contribution in [0, 0.1) is 0 Å². The molecule has 1 saturated heterocycles. The molecule has 0 bridgehead atoms. The molecule has 0 unspecified atom stereocenters. The zero-order valence-corrected chi connectivity index (χ0v) is 35.0. The molecular formula is C45H87NO8. The number of aliphatic hydroxyl groups is 5. The molecule has 9 heteroatoms. The van der Waals surface area contributed by atoms with Crippen molar-refractivity contribution in [1.82, 2.24) is 5.32 Å². The van der Waals surface area contributed by atoms with Crippen LogP contribution >= 0.6 is 0 Å². The lowest BCUT2D eigenvalue weighted by atomic mass is 9.99. The highest BCUT2D eigenvalue weighted by Gasteiger charge is 2.44. The fourth-order valence-corrected chi connectivity index (χ4v) is 7.39. The maximum absolute atomic E-state index is 12.9. The molecule has 0 saturated carbocycles. The van der Waals surface area contributed by atoms with Crippen LogP contribution in [0.25, 0.3) is 0 Å². The van der Waals surface area contributed by atoms with Crippen molar-refractivity contribution in [3.8, 4) is 0 Å². The highest BCUT2D eigenvalue weighted by molar-refractivity contribution is 5.76. The van der Waals surface area contributed by atoms with Gasteiger partial charge in [0, 0.05) is 6.42 Å². The van der Waals surface area contributed by atoms with E-state index in [0.29, 0.717) is 6.42 Å². The molecule has 6 N–H and O–H groups in total. The monoisotopic (exact) mass is 770 g/mol. The Morgan fingerprint density at radius 3 is 1.44 bits per heavy atom. The SMILES string of the molecule is CCCCCCCCCCC/C=C/[C@@H](O)[C@H](CO[C@@H]1O[C@H](CO)[C@@H](O)[C@H](O)[C@H]1O)NC(=O)CCCCCCCCCCCCCCCCCCCCCC. The van der Waals surface area contributed by atoms with Gasteiger partial charge in [0.15, 0.2) is 6.29 Å². The molecule has 1 fully saturated rings. The van der Waals surface area contributed by atoms with Crippen molar-refractivity contribution in [2.45, 2.75) is 256 Å². The van der Waals surface area contributed by atoms with Crippen LogP contribution in [0.15, 0.2) is 12.2 Å². The van der Waals surface area contributed by atoms with E-state index in [0.717, 1.165) is 38.5 Å². The van der Waals surface area contributed by atoms with E-state index in [4.69, 9.17) is 9.47 Å². The number of unbranched alkanes of at least 4 members (excludes halogenated alkanes) is 28. The summed E-state index contributed by atoms with van der Waals surface area (Å²) in [5.41, 5.74) is 0. The van der Waals surface area contributed by atoms with Gasteiger partial charge in [-0.2, -0.15) is 0 Å². The van der Waals surface area contributed by atoms with Crippen molar-refractivity contribution in [2.75, 3.05) is 13.2 Å². The zero-order chi connectivity index (χ0) is 39.5. The Labute approximate surface area is 331 Å². The average Bonchev–Trinajstić information content (AvgIpc) is 3.17. The molecule has 54 heavy (non-hydrogen) atoms. The third-order valence-corrected chi connectivity index (χ3v) is 11.1. The van der Waals surface area contributed by atoms with E-state index >= 15 is 0 Å². The molecule has 0 aliphatic carbocycles. The van der Waals surface area contributed by atoms with Gasteiger partial charge in [-0.25, -0.2) is 0 Å². The molecule has 0 aromatic heterocycles. The Morgan fingerprint density at radius 1 is 0.611 bits per heavy atom. The van der Waals surface area contributed by atoms with Crippen LogP contribution in [0.1, 0.15) is 213 Å². The normalized spacial score (nSPS) is 21.5. The van der Waals surface area contributed by atoms with E-state index in [2.05, 4.69) is 19.2 Å². The number of allylic oxidation sites excluding steroid dienone is 1. The van der Waals surface area contributed by atoms with Crippen molar-refractivity contribution < 1.29 is 39.8 Å². The summed E-state index contributed by atoms with van der Waals surface area (Å²) in [7, 11) is 0. The summed E-state index contributed by atoms with van der Waals surface area (Å²) in [6.07, 6.45) is 34.0. The lowest BCUT2D eigenvalue weighted by Gasteiger charge is -2.40. The van der Waals surface area contributed by atoms with Crippen LogP contribution < -0.4 is 5.32 Å². The second kappa shape index (κ2) is 36.3. The molecule has 7 atom stereocenters. The Balaban J connectivity index is 2.29. The molecule has 1 amide bonds. The number of carbonyl (C=O) groups excluding carboxylic acids is 1. The van der Waals surface area contributed by atoms with E-state index in [1.54, 1.807) is 6.08 Å². The van der Waals surface area contributed by atoms with Crippen LogP contribution in [-0.2, 0) is 14.3 Å². The molecule has 0 aromatic carbocycles. The summed E-state index contributed by atoms with van der Waals surface area (Å²) in [4.78, 5) is 12.9. The summed E-state index contributed by atoms with van der Waals surface area (Å²) < 4.78 is 11.2. The van der Waals surface area contributed by atoms with Crippen LogP contribution in [0.5, 0.6) is 0 Å². The molecule has 9 nitrogen and oxygen atoms in total. The number of amides is 1. The minimum atomic E-state index is -1.56. The van der Waals surface area contributed by atoms with Gasteiger partial charge in [0.2, 0.25) is 5.91 Å². The minimum absolute atomic E-state index is 0.175. The summed E-state index contributed by atoms with van der Waals surface area (Å²) >= 11 is 0. The first kappa shape index (κ1) is 50.9. The van der Waals surface area contributed by atoms with Gasteiger partial charge >= 0.3 is 0 Å². The predicted molar refractivity (Wildman–Crippen MR) is 221 cm³/mol. The third kappa shape index (κ3) is 26.7. The predicted octanol–water partition coefficient (Wildman–Crippen LogP) is 9.34. The first-order valence-corrected chi connectivity index (χ1v) is 22.9. The van der Waals surface area contributed by atoms with Gasteiger partial charge in [0.25, 0.3) is 0 Å². The lowest BCUT2D eigenvalue weighted by Crippen LogP contribution is -2.60. The molecular weight excluding hydrogens is 682 g/mol. The topological polar surface area (TPSA) is 149 Å². The molecule has 1 aliphatic rings. The summed E-state index contributed by atoms with van der Waals surface area (Å²) in [6, 6.07) is -0.797.